The van der Waals surface area contributed by atoms with Crippen molar-refractivity contribution < 1.29 is 0 Å². The fraction of sp³-hybridized carbons (Fsp3) is 0.250. The van der Waals surface area contributed by atoms with Crippen molar-refractivity contribution in [2.75, 3.05) is 0 Å². The third-order valence-corrected chi connectivity index (χ3v) is 5.63. The average molecular weight is 370 g/mol. The van der Waals surface area contributed by atoms with E-state index in [-0.39, 0.29) is 13.0 Å². The molecular formula is C24H26N4. The summed E-state index contributed by atoms with van der Waals surface area (Å²) in [4.78, 5) is 4.58. The molecule has 0 spiro atoms. The van der Waals surface area contributed by atoms with Gasteiger partial charge in [0.05, 0.1) is 17.6 Å². The Kier molecular flexibility index (Phi) is 4.52. The van der Waals surface area contributed by atoms with Gasteiger partial charge in [-0.25, -0.2) is 9.50 Å². The van der Waals surface area contributed by atoms with E-state index >= 15 is 0 Å². The zero-order valence-electron chi connectivity index (χ0n) is 15.4. The number of aromatic nitrogens is 3. The normalized spacial score (nSPS) is 15.1. The van der Waals surface area contributed by atoms with E-state index in [1.807, 2.05) is 23.7 Å². The van der Waals surface area contributed by atoms with Crippen LogP contribution in [0.2, 0.25) is 0 Å². The molecule has 2 N–H and O–H groups in total. The Hall–Kier alpha value is -2.98. The van der Waals surface area contributed by atoms with Gasteiger partial charge in [-0.2, -0.15) is 5.10 Å². The van der Waals surface area contributed by atoms with Crippen molar-refractivity contribution in [2.45, 2.75) is 39.2 Å². The monoisotopic (exact) mass is 370 g/mol. The van der Waals surface area contributed by atoms with Crippen molar-refractivity contribution >= 4 is 5.65 Å². The van der Waals surface area contributed by atoms with E-state index in [0.717, 1.165) is 46.6 Å². The number of nitrogens with zero attached hydrogens (tertiary/aromatic N) is 3. The SMILES string of the molecule is C.Cc1cn2nc(-c3ccc(C4(N)CCC4)cc3)c(-c3ccccc3)cc2n1. The summed E-state index contributed by atoms with van der Waals surface area (Å²) in [6.07, 6.45) is 5.32. The highest BCUT2D eigenvalue weighted by Gasteiger charge is 2.34. The molecule has 0 unspecified atom stereocenters. The third-order valence-electron chi connectivity index (χ3n) is 5.63. The van der Waals surface area contributed by atoms with Crippen LogP contribution in [0.4, 0.5) is 0 Å². The van der Waals surface area contributed by atoms with Crippen LogP contribution in [-0.4, -0.2) is 14.6 Å². The lowest BCUT2D eigenvalue weighted by Crippen LogP contribution is -2.43. The molecule has 1 aliphatic rings. The number of imidazole rings is 1. The van der Waals surface area contributed by atoms with Gasteiger partial charge in [-0.05, 0) is 43.4 Å². The summed E-state index contributed by atoms with van der Waals surface area (Å²) in [5, 5.41) is 4.89. The van der Waals surface area contributed by atoms with E-state index in [1.54, 1.807) is 0 Å². The van der Waals surface area contributed by atoms with Crippen LogP contribution in [0, 0.1) is 6.92 Å². The smallest absolute Gasteiger partial charge is 0.154 e. The fourth-order valence-electron chi connectivity index (χ4n) is 3.90. The summed E-state index contributed by atoms with van der Waals surface area (Å²) in [6.45, 7) is 1.99. The number of hydrogen-bond acceptors (Lipinski definition) is 3. The molecule has 28 heavy (non-hydrogen) atoms. The average Bonchev–Trinajstić information content (AvgIpc) is 3.05. The van der Waals surface area contributed by atoms with Crippen LogP contribution >= 0.6 is 0 Å². The number of nitrogens with two attached hydrogens (primary N) is 1. The maximum atomic E-state index is 6.48. The van der Waals surface area contributed by atoms with Crippen LogP contribution in [0.5, 0.6) is 0 Å². The van der Waals surface area contributed by atoms with E-state index in [9.17, 15) is 0 Å². The van der Waals surface area contributed by atoms with Crippen molar-refractivity contribution in [1.29, 1.82) is 0 Å². The Bertz CT molecular complexity index is 1110. The Balaban J connectivity index is 0.00000192. The fourth-order valence-corrected chi connectivity index (χ4v) is 3.90. The van der Waals surface area contributed by atoms with Crippen LogP contribution in [0.3, 0.4) is 0 Å². The summed E-state index contributed by atoms with van der Waals surface area (Å²) in [6, 6.07) is 21.1. The number of hydrogen-bond donors (Lipinski definition) is 1. The molecule has 0 radical (unpaired) electrons. The summed E-state index contributed by atoms with van der Waals surface area (Å²) in [7, 11) is 0. The number of aryl methyl sites for hydroxylation is 1. The highest BCUT2D eigenvalue weighted by atomic mass is 15.2. The zero-order valence-corrected chi connectivity index (χ0v) is 15.4. The van der Waals surface area contributed by atoms with Gasteiger partial charge in [0.15, 0.2) is 5.65 Å². The van der Waals surface area contributed by atoms with Crippen molar-refractivity contribution in [2.24, 2.45) is 5.73 Å². The minimum Gasteiger partial charge on any atom is -0.321 e. The Morgan fingerprint density at radius 2 is 1.68 bits per heavy atom. The molecule has 1 aliphatic carbocycles. The lowest BCUT2D eigenvalue weighted by atomic mass is 9.72. The third kappa shape index (κ3) is 3.00. The number of benzene rings is 2. The molecule has 2 aromatic heterocycles. The van der Waals surface area contributed by atoms with E-state index < -0.39 is 0 Å². The molecule has 4 heteroatoms. The molecule has 0 amide bonds. The van der Waals surface area contributed by atoms with Gasteiger partial charge in [0.25, 0.3) is 0 Å². The van der Waals surface area contributed by atoms with Crippen molar-refractivity contribution in [3.63, 3.8) is 0 Å². The molecule has 0 atom stereocenters. The molecule has 0 saturated heterocycles. The van der Waals surface area contributed by atoms with Gasteiger partial charge in [-0.15, -0.1) is 0 Å². The van der Waals surface area contributed by atoms with E-state index in [0.29, 0.717) is 0 Å². The molecule has 4 aromatic rings. The predicted octanol–water partition coefficient (Wildman–Crippen LogP) is 5.35. The van der Waals surface area contributed by atoms with Crippen LogP contribution in [-0.2, 0) is 5.54 Å². The largest absolute Gasteiger partial charge is 0.321 e. The molecule has 142 valence electrons. The van der Waals surface area contributed by atoms with Crippen LogP contribution in [0.1, 0.15) is 37.9 Å². The first-order valence-electron chi connectivity index (χ1n) is 9.45. The highest BCUT2D eigenvalue weighted by Crippen LogP contribution is 2.39. The first-order chi connectivity index (χ1) is 13.1. The summed E-state index contributed by atoms with van der Waals surface area (Å²) in [5.41, 5.74) is 13.7. The first kappa shape index (κ1) is 18.4. The highest BCUT2D eigenvalue weighted by molar-refractivity contribution is 5.82. The van der Waals surface area contributed by atoms with E-state index in [2.05, 4.69) is 59.6 Å². The van der Waals surface area contributed by atoms with Crippen molar-refractivity contribution in [3.05, 3.63) is 78.1 Å². The number of rotatable bonds is 3. The van der Waals surface area contributed by atoms with Crippen molar-refractivity contribution in [3.8, 4) is 22.4 Å². The van der Waals surface area contributed by atoms with Crippen LogP contribution in [0.15, 0.2) is 66.9 Å². The molecule has 1 saturated carbocycles. The molecule has 0 aliphatic heterocycles. The second-order valence-electron chi connectivity index (χ2n) is 7.54. The molecular weight excluding hydrogens is 344 g/mol. The first-order valence-corrected chi connectivity index (χ1v) is 9.45. The van der Waals surface area contributed by atoms with E-state index in [4.69, 9.17) is 10.8 Å². The predicted molar refractivity (Wildman–Crippen MR) is 115 cm³/mol. The quantitative estimate of drug-likeness (QED) is 0.529. The maximum absolute atomic E-state index is 6.48. The Labute approximate surface area is 166 Å². The summed E-state index contributed by atoms with van der Waals surface area (Å²) >= 11 is 0. The van der Waals surface area contributed by atoms with Gasteiger partial charge < -0.3 is 5.73 Å². The van der Waals surface area contributed by atoms with Gasteiger partial charge >= 0.3 is 0 Å². The Morgan fingerprint density at radius 1 is 0.964 bits per heavy atom. The Morgan fingerprint density at radius 3 is 2.32 bits per heavy atom. The van der Waals surface area contributed by atoms with Gasteiger partial charge in [-0.1, -0.05) is 62.0 Å². The minimum absolute atomic E-state index is 0. The van der Waals surface area contributed by atoms with Gasteiger partial charge in [0.2, 0.25) is 0 Å². The summed E-state index contributed by atoms with van der Waals surface area (Å²) in [5.74, 6) is 0. The lowest BCUT2D eigenvalue weighted by Gasteiger charge is -2.38. The standard InChI is InChI=1S/C23H22N4.CH4/c1-16-15-27-21(25-16)14-20(17-6-3-2-4-7-17)22(26-27)18-8-10-19(11-9-18)23(24)12-5-13-23;/h2-4,6-11,14-15H,5,12-13,24H2,1H3;1H4. The minimum atomic E-state index is -0.139. The molecule has 0 bridgehead atoms. The zero-order chi connectivity index (χ0) is 18.4. The molecule has 5 rings (SSSR count). The second kappa shape index (κ2) is 6.88. The van der Waals surface area contributed by atoms with Crippen LogP contribution < -0.4 is 5.73 Å². The van der Waals surface area contributed by atoms with Gasteiger partial charge in [0.1, 0.15) is 0 Å². The van der Waals surface area contributed by atoms with Gasteiger partial charge in [0, 0.05) is 16.7 Å². The van der Waals surface area contributed by atoms with E-state index in [1.165, 1.54) is 12.0 Å². The molecule has 2 heterocycles. The summed E-state index contributed by atoms with van der Waals surface area (Å²) < 4.78 is 1.86. The maximum Gasteiger partial charge on any atom is 0.154 e. The van der Waals surface area contributed by atoms with Crippen molar-refractivity contribution in [1.82, 2.24) is 14.6 Å². The molecule has 2 aromatic carbocycles. The van der Waals surface area contributed by atoms with Crippen LogP contribution in [0.25, 0.3) is 28.0 Å². The topological polar surface area (TPSA) is 56.2 Å². The second-order valence-corrected chi connectivity index (χ2v) is 7.54. The molecule has 1 fully saturated rings. The molecule has 4 nitrogen and oxygen atoms in total. The number of fused-ring (bicyclic) bond motifs is 1. The lowest BCUT2D eigenvalue weighted by molar-refractivity contribution is 0.253. The van der Waals surface area contributed by atoms with Gasteiger partial charge in [-0.3, -0.25) is 0 Å².